The van der Waals surface area contributed by atoms with E-state index in [1.807, 2.05) is 0 Å². The predicted molar refractivity (Wildman–Crippen MR) is 69.5 cm³/mol. The Kier molecular flexibility index (Phi) is 3.71. The van der Waals surface area contributed by atoms with E-state index in [4.69, 9.17) is 0 Å². The van der Waals surface area contributed by atoms with Gasteiger partial charge in [-0.2, -0.15) is 0 Å². The Balaban J connectivity index is 2.06. The molecule has 0 aliphatic carbocycles. The first kappa shape index (κ1) is 10.3. The third-order valence-electron chi connectivity index (χ3n) is 2.41. The summed E-state index contributed by atoms with van der Waals surface area (Å²) in [5, 5.41) is 2.40. The monoisotopic (exact) mass is 269 g/mol. The molecule has 0 unspecified atom stereocenters. The smallest absolute Gasteiger partial charge is 0.0616 e. The molecule has 0 amide bonds. The average molecular weight is 270 g/mol. The average Bonchev–Trinajstić information content (AvgIpc) is 2.69. The Morgan fingerprint density at radius 2 is 1.86 bits per heavy atom. The lowest BCUT2D eigenvalue weighted by atomic mass is 10.2. The minimum absolute atomic E-state index is 0.563. The van der Waals surface area contributed by atoms with E-state index < -0.39 is 0 Å². The van der Waals surface area contributed by atoms with Gasteiger partial charge in [0, 0.05) is 15.4 Å². The molecule has 0 spiro atoms. The summed E-state index contributed by atoms with van der Waals surface area (Å²) in [7, 11) is 0.563. The molecule has 1 aliphatic rings. The first-order valence-corrected chi connectivity index (χ1v) is 7.37. The molecule has 0 N–H and O–H groups in total. The van der Waals surface area contributed by atoms with Crippen LogP contribution in [0, 0.1) is 0 Å². The maximum atomic E-state index is 3.56. The van der Waals surface area contributed by atoms with Crippen LogP contribution < -0.4 is 0 Å². The van der Waals surface area contributed by atoms with Gasteiger partial charge < -0.3 is 0 Å². The molecular weight excluding hydrogens is 256 g/mol. The van der Waals surface area contributed by atoms with Gasteiger partial charge in [0.05, 0.1) is 0 Å². The highest BCUT2D eigenvalue weighted by atomic mass is 79.9. The molecule has 1 heterocycles. The molecule has 0 nitrogen and oxygen atoms in total. The normalized spacial score (nSPS) is 18.1. The van der Waals surface area contributed by atoms with Crippen LogP contribution in [0.2, 0.25) is 0 Å². The molecule has 1 fully saturated rings. The summed E-state index contributed by atoms with van der Waals surface area (Å²) in [5.41, 5.74) is 1.30. The minimum Gasteiger partial charge on any atom is -0.0616 e. The van der Waals surface area contributed by atoms with E-state index >= 15 is 0 Å². The zero-order valence-corrected chi connectivity index (χ0v) is 10.5. The molecule has 0 saturated carbocycles. The fourth-order valence-electron chi connectivity index (χ4n) is 1.59. The molecular formula is C12H14BrS+. The Morgan fingerprint density at radius 3 is 2.57 bits per heavy atom. The van der Waals surface area contributed by atoms with Crippen molar-refractivity contribution in [1.29, 1.82) is 0 Å². The first-order chi connectivity index (χ1) is 6.86. The van der Waals surface area contributed by atoms with Gasteiger partial charge in [-0.1, -0.05) is 34.1 Å². The van der Waals surface area contributed by atoms with E-state index in [0.717, 1.165) is 0 Å². The Morgan fingerprint density at radius 1 is 1.14 bits per heavy atom. The molecule has 0 bridgehead atoms. The molecule has 2 rings (SSSR count). The van der Waals surface area contributed by atoms with Gasteiger partial charge >= 0.3 is 0 Å². The Labute approximate surface area is 96.9 Å². The van der Waals surface area contributed by atoms with E-state index in [2.05, 4.69) is 51.7 Å². The van der Waals surface area contributed by atoms with Gasteiger partial charge in [0.25, 0.3) is 0 Å². The van der Waals surface area contributed by atoms with E-state index in [-0.39, 0.29) is 0 Å². The molecule has 14 heavy (non-hydrogen) atoms. The zero-order chi connectivity index (χ0) is 9.80. The molecule has 2 heteroatoms. The summed E-state index contributed by atoms with van der Waals surface area (Å²) in [6.45, 7) is 0. The minimum atomic E-state index is 0.563. The van der Waals surface area contributed by atoms with Gasteiger partial charge in [0.1, 0.15) is 16.9 Å². The second kappa shape index (κ2) is 5.04. The third-order valence-corrected chi connectivity index (χ3v) is 5.28. The fraction of sp³-hybridized carbons (Fsp3) is 0.333. The summed E-state index contributed by atoms with van der Waals surface area (Å²) >= 11 is 3.56. The van der Waals surface area contributed by atoms with Crippen LogP contribution in [0.4, 0.5) is 0 Å². The van der Waals surface area contributed by atoms with Crippen molar-refractivity contribution in [3.8, 4) is 0 Å². The second-order valence-electron chi connectivity index (χ2n) is 3.48. The van der Waals surface area contributed by atoms with Crippen LogP contribution >= 0.6 is 15.9 Å². The molecule has 1 aromatic carbocycles. The van der Waals surface area contributed by atoms with E-state index in [1.54, 1.807) is 0 Å². The van der Waals surface area contributed by atoms with Crippen LogP contribution in [0.25, 0.3) is 6.08 Å². The predicted octanol–water partition coefficient (Wildman–Crippen LogP) is 3.83. The van der Waals surface area contributed by atoms with Crippen molar-refractivity contribution in [2.75, 3.05) is 11.5 Å². The molecule has 0 aromatic heterocycles. The molecule has 0 atom stereocenters. The van der Waals surface area contributed by atoms with Gasteiger partial charge in [-0.3, -0.25) is 0 Å². The highest BCUT2D eigenvalue weighted by Gasteiger charge is 2.20. The summed E-state index contributed by atoms with van der Waals surface area (Å²) in [6, 6.07) is 8.39. The van der Waals surface area contributed by atoms with Gasteiger partial charge in [-0.25, -0.2) is 0 Å². The van der Waals surface area contributed by atoms with Crippen molar-refractivity contribution in [3.05, 3.63) is 39.7 Å². The van der Waals surface area contributed by atoms with Crippen molar-refractivity contribution in [3.63, 3.8) is 0 Å². The Hall–Kier alpha value is -0.210. The van der Waals surface area contributed by atoms with E-state index in [9.17, 15) is 0 Å². The summed E-state index contributed by atoms with van der Waals surface area (Å²) in [6.07, 6.45) is 5.10. The largest absolute Gasteiger partial charge is 0.119 e. The highest BCUT2D eigenvalue weighted by molar-refractivity contribution is 9.10. The first-order valence-electron chi connectivity index (χ1n) is 4.95. The van der Waals surface area contributed by atoms with Crippen molar-refractivity contribution < 1.29 is 0 Å². The standard InChI is InChI=1S/C12H14BrS/c13-12-6-2-1-5-11(12)7-10-14-8-3-4-9-14/h1-2,5-7,10H,3-4,8-9H2/q+1. The Bertz CT molecular complexity index is 327. The maximum Gasteiger partial charge on any atom is 0.119 e. The van der Waals surface area contributed by atoms with Crippen LogP contribution in [-0.4, -0.2) is 11.5 Å². The number of halogens is 1. The topological polar surface area (TPSA) is 0 Å². The molecule has 1 aromatic rings. The highest BCUT2D eigenvalue weighted by Crippen LogP contribution is 2.20. The van der Waals surface area contributed by atoms with Crippen molar-refractivity contribution in [2.24, 2.45) is 0 Å². The lowest BCUT2D eigenvalue weighted by Crippen LogP contribution is -1.96. The van der Waals surface area contributed by atoms with Gasteiger partial charge in [0.15, 0.2) is 0 Å². The molecule has 1 aliphatic heterocycles. The van der Waals surface area contributed by atoms with Crippen LogP contribution in [0.1, 0.15) is 18.4 Å². The van der Waals surface area contributed by atoms with Crippen molar-refractivity contribution in [2.45, 2.75) is 12.8 Å². The number of benzene rings is 1. The van der Waals surface area contributed by atoms with Crippen molar-refractivity contribution >= 4 is 32.9 Å². The number of hydrogen-bond acceptors (Lipinski definition) is 0. The van der Waals surface area contributed by atoms with Gasteiger partial charge in [0.2, 0.25) is 0 Å². The summed E-state index contributed by atoms with van der Waals surface area (Å²) in [4.78, 5) is 0. The summed E-state index contributed by atoms with van der Waals surface area (Å²) in [5.74, 6) is 2.81. The second-order valence-corrected chi connectivity index (χ2v) is 6.49. The zero-order valence-electron chi connectivity index (χ0n) is 8.08. The van der Waals surface area contributed by atoms with Crippen LogP contribution in [0.5, 0.6) is 0 Å². The quantitative estimate of drug-likeness (QED) is 0.716. The van der Waals surface area contributed by atoms with Gasteiger partial charge in [-0.15, -0.1) is 0 Å². The molecule has 0 radical (unpaired) electrons. The van der Waals surface area contributed by atoms with Crippen LogP contribution in [0.3, 0.4) is 0 Å². The maximum absolute atomic E-state index is 3.56. The number of hydrogen-bond donors (Lipinski definition) is 0. The van der Waals surface area contributed by atoms with Crippen LogP contribution in [0.15, 0.2) is 34.1 Å². The van der Waals surface area contributed by atoms with Crippen LogP contribution in [-0.2, 0) is 10.9 Å². The molecule has 74 valence electrons. The third kappa shape index (κ3) is 2.64. The van der Waals surface area contributed by atoms with E-state index in [0.29, 0.717) is 10.9 Å². The lowest BCUT2D eigenvalue weighted by Gasteiger charge is -1.96. The van der Waals surface area contributed by atoms with Crippen molar-refractivity contribution in [1.82, 2.24) is 0 Å². The van der Waals surface area contributed by atoms with Gasteiger partial charge in [-0.05, 0) is 30.5 Å². The number of rotatable bonds is 2. The lowest BCUT2D eigenvalue weighted by molar-refractivity contribution is 0.949. The molecule has 1 saturated heterocycles. The summed E-state index contributed by atoms with van der Waals surface area (Å²) < 4.78 is 1.19. The SMILES string of the molecule is Brc1ccccc1C=C[S+]1CCCC1. The fourth-order valence-corrected chi connectivity index (χ4v) is 3.97. The van der Waals surface area contributed by atoms with E-state index in [1.165, 1.54) is 34.4 Å².